The van der Waals surface area contributed by atoms with E-state index in [0.717, 1.165) is 16.4 Å². The third-order valence-electron chi connectivity index (χ3n) is 4.68. The zero-order chi connectivity index (χ0) is 14.4. The molecule has 2 aliphatic carbocycles. The number of nitrogens with one attached hydrogen (secondary N) is 2. The van der Waals surface area contributed by atoms with Gasteiger partial charge in [0.05, 0.1) is 24.8 Å². The van der Waals surface area contributed by atoms with Gasteiger partial charge in [0.1, 0.15) is 0 Å². The molecule has 1 aliphatic heterocycles. The monoisotopic (exact) mass is 306 g/mol. The number of hydrogen-bond donors (Lipinski definition) is 2. The van der Waals surface area contributed by atoms with E-state index in [0.29, 0.717) is 25.2 Å². The predicted octanol–water partition coefficient (Wildman–Crippen LogP) is 2.04. The van der Waals surface area contributed by atoms with Crippen LogP contribution in [-0.2, 0) is 4.74 Å². The molecule has 1 aromatic rings. The molecule has 2 N–H and O–H groups in total. The molecule has 21 heavy (non-hydrogen) atoms. The van der Waals surface area contributed by atoms with E-state index in [1.807, 2.05) is 0 Å². The molecule has 3 aliphatic rings. The summed E-state index contributed by atoms with van der Waals surface area (Å²) in [4.78, 5) is 14.8. The van der Waals surface area contributed by atoms with E-state index in [-0.39, 0.29) is 11.9 Å². The van der Waals surface area contributed by atoms with E-state index < -0.39 is 0 Å². The quantitative estimate of drug-likeness (QED) is 0.845. The van der Waals surface area contributed by atoms with Crippen LogP contribution in [0.25, 0.3) is 0 Å². The van der Waals surface area contributed by atoms with Crippen molar-refractivity contribution >= 4 is 17.2 Å². The molecule has 0 bridgehead atoms. The largest absolute Gasteiger partial charge is 0.377 e. The van der Waals surface area contributed by atoms with Gasteiger partial charge in [0, 0.05) is 21.7 Å². The van der Waals surface area contributed by atoms with E-state index in [1.54, 1.807) is 11.3 Å². The number of carbonyl (C=O) groups excluding carboxylic acids is 1. The molecule has 2 atom stereocenters. The molecule has 114 valence electrons. The van der Waals surface area contributed by atoms with Crippen molar-refractivity contribution < 1.29 is 9.53 Å². The van der Waals surface area contributed by atoms with Gasteiger partial charge >= 0.3 is 0 Å². The first-order valence-corrected chi connectivity index (χ1v) is 8.74. The summed E-state index contributed by atoms with van der Waals surface area (Å²) in [6, 6.07) is 2.95. The third-order valence-corrected chi connectivity index (χ3v) is 5.86. The maximum atomic E-state index is 12.3. The Kier molecular flexibility index (Phi) is 3.52. The fourth-order valence-corrected chi connectivity index (χ4v) is 4.07. The average molecular weight is 306 g/mol. The summed E-state index contributed by atoms with van der Waals surface area (Å²) >= 11 is 1.79. The smallest absolute Gasteiger partial charge is 0.252 e. The van der Waals surface area contributed by atoms with Crippen molar-refractivity contribution in [1.29, 1.82) is 0 Å². The lowest BCUT2D eigenvalue weighted by atomic mass is 10.2. The number of thiophene rings is 1. The van der Waals surface area contributed by atoms with Crippen molar-refractivity contribution in [3.05, 3.63) is 21.4 Å². The molecular formula is C16H22N2O2S. The zero-order valence-electron chi connectivity index (χ0n) is 12.4. The van der Waals surface area contributed by atoms with Crippen molar-refractivity contribution in [3.63, 3.8) is 0 Å². The highest BCUT2D eigenvalue weighted by Gasteiger charge is 2.40. The second-order valence-corrected chi connectivity index (χ2v) is 7.91. The van der Waals surface area contributed by atoms with Crippen molar-refractivity contribution in [3.8, 4) is 0 Å². The topological polar surface area (TPSA) is 50.4 Å². The van der Waals surface area contributed by atoms with Gasteiger partial charge in [-0.2, -0.15) is 0 Å². The maximum absolute atomic E-state index is 12.3. The molecule has 1 amide bonds. The van der Waals surface area contributed by atoms with E-state index in [2.05, 4.69) is 23.6 Å². The van der Waals surface area contributed by atoms with E-state index in [4.69, 9.17) is 4.74 Å². The standard InChI is InChI=1S/C16H22N2O2S/c1-9-12(16(19)18-11-7-20-8-11)5-15(21-9)13-4-14(13)17-6-10-2-3-10/h5,10-11,13-14,17H,2-4,6-8H2,1H3,(H,18,19). The summed E-state index contributed by atoms with van der Waals surface area (Å²) in [5, 5.41) is 6.70. The second-order valence-electron chi connectivity index (χ2n) is 6.63. The number of carbonyl (C=O) groups is 1. The first-order chi connectivity index (χ1) is 10.2. The highest BCUT2D eigenvalue weighted by Crippen LogP contribution is 2.45. The lowest BCUT2D eigenvalue weighted by Crippen LogP contribution is -2.48. The Hall–Kier alpha value is -0.910. The van der Waals surface area contributed by atoms with Crippen LogP contribution in [0.3, 0.4) is 0 Å². The van der Waals surface area contributed by atoms with Crippen LogP contribution in [0.4, 0.5) is 0 Å². The first kappa shape index (κ1) is 13.7. The molecule has 5 heteroatoms. The van der Waals surface area contributed by atoms with Gasteiger partial charge in [-0.1, -0.05) is 0 Å². The molecule has 0 aromatic carbocycles. The van der Waals surface area contributed by atoms with E-state index in [1.165, 1.54) is 30.7 Å². The van der Waals surface area contributed by atoms with Gasteiger partial charge in [-0.3, -0.25) is 4.79 Å². The van der Waals surface area contributed by atoms with Crippen molar-refractivity contribution in [2.45, 2.75) is 44.2 Å². The minimum Gasteiger partial charge on any atom is -0.377 e. The van der Waals surface area contributed by atoms with Crippen LogP contribution in [0.5, 0.6) is 0 Å². The van der Waals surface area contributed by atoms with Crippen LogP contribution in [0.1, 0.15) is 45.3 Å². The number of rotatable bonds is 6. The molecular weight excluding hydrogens is 284 g/mol. The number of ether oxygens (including phenoxy) is 1. The first-order valence-electron chi connectivity index (χ1n) is 7.93. The molecule has 4 rings (SSSR count). The Bertz CT molecular complexity index is 548. The molecule has 1 saturated heterocycles. The SMILES string of the molecule is Cc1sc(C2CC2NCC2CC2)cc1C(=O)NC1COC1. The Morgan fingerprint density at radius 2 is 2.24 bits per heavy atom. The molecule has 0 radical (unpaired) electrons. The third kappa shape index (κ3) is 3.00. The van der Waals surface area contributed by atoms with Gasteiger partial charge in [0.25, 0.3) is 5.91 Å². The van der Waals surface area contributed by atoms with Crippen LogP contribution >= 0.6 is 11.3 Å². The van der Waals surface area contributed by atoms with E-state index >= 15 is 0 Å². The van der Waals surface area contributed by atoms with Crippen LogP contribution in [0.15, 0.2) is 6.07 Å². The molecule has 3 fully saturated rings. The van der Waals surface area contributed by atoms with Crippen molar-refractivity contribution in [2.75, 3.05) is 19.8 Å². The van der Waals surface area contributed by atoms with Crippen LogP contribution in [0, 0.1) is 12.8 Å². The maximum Gasteiger partial charge on any atom is 0.252 e. The van der Waals surface area contributed by atoms with Crippen LogP contribution in [-0.4, -0.2) is 37.7 Å². The Morgan fingerprint density at radius 3 is 2.90 bits per heavy atom. The normalized spacial score (nSPS) is 28.2. The Labute approximate surface area is 129 Å². The molecule has 0 spiro atoms. The minimum absolute atomic E-state index is 0.0615. The van der Waals surface area contributed by atoms with Crippen molar-refractivity contribution in [2.24, 2.45) is 5.92 Å². The minimum atomic E-state index is 0.0615. The molecule has 2 heterocycles. The lowest BCUT2D eigenvalue weighted by Gasteiger charge is -2.26. The summed E-state index contributed by atoms with van der Waals surface area (Å²) in [5.41, 5.74) is 0.856. The average Bonchev–Trinajstić information content (AvgIpc) is 3.30. The second kappa shape index (κ2) is 5.38. The summed E-state index contributed by atoms with van der Waals surface area (Å²) < 4.78 is 5.10. The summed E-state index contributed by atoms with van der Waals surface area (Å²) in [6.07, 6.45) is 4.03. The van der Waals surface area contributed by atoms with Gasteiger partial charge < -0.3 is 15.4 Å². The summed E-state index contributed by atoms with van der Waals surface area (Å²) in [5.74, 6) is 1.62. The van der Waals surface area contributed by atoms with Gasteiger partial charge in [-0.05, 0) is 44.7 Å². The summed E-state index contributed by atoms with van der Waals surface area (Å²) in [6.45, 7) is 4.53. The molecule has 2 saturated carbocycles. The fourth-order valence-electron chi connectivity index (χ4n) is 2.87. The molecule has 2 unspecified atom stereocenters. The number of aryl methyl sites for hydroxylation is 1. The van der Waals surface area contributed by atoms with Gasteiger partial charge in [-0.15, -0.1) is 11.3 Å². The highest BCUT2D eigenvalue weighted by atomic mass is 32.1. The fraction of sp³-hybridized carbons (Fsp3) is 0.688. The lowest BCUT2D eigenvalue weighted by molar-refractivity contribution is -0.00346. The zero-order valence-corrected chi connectivity index (χ0v) is 13.2. The highest BCUT2D eigenvalue weighted by molar-refractivity contribution is 7.12. The molecule has 1 aromatic heterocycles. The van der Waals surface area contributed by atoms with Crippen LogP contribution < -0.4 is 10.6 Å². The van der Waals surface area contributed by atoms with Gasteiger partial charge in [-0.25, -0.2) is 0 Å². The predicted molar refractivity (Wildman–Crippen MR) is 83.0 cm³/mol. The molecule has 4 nitrogen and oxygen atoms in total. The van der Waals surface area contributed by atoms with Gasteiger partial charge in [0.15, 0.2) is 0 Å². The summed E-state index contributed by atoms with van der Waals surface area (Å²) in [7, 11) is 0. The number of amides is 1. The Morgan fingerprint density at radius 1 is 1.43 bits per heavy atom. The number of hydrogen-bond acceptors (Lipinski definition) is 4. The van der Waals surface area contributed by atoms with E-state index in [9.17, 15) is 4.79 Å². The van der Waals surface area contributed by atoms with Crippen LogP contribution in [0.2, 0.25) is 0 Å². The van der Waals surface area contributed by atoms with Crippen molar-refractivity contribution in [1.82, 2.24) is 10.6 Å². The Balaban J connectivity index is 1.36. The van der Waals surface area contributed by atoms with Gasteiger partial charge in [0.2, 0.25) is 0 Å².